The molecule has 0 unspecified atom stereocenters. The van der Waals surface area contributed by atoms with E-state index in [4.69, 9.17) is 9.47 Å². The van der Waals surface area contributed by atoms with Crippen molar-refractivity contribution in [2.45, 2.75) is 41.1 Å². The maximum absolute atomic E-state index is 14.2. The first kappa shape index (κ1) is 28.3. The van der Waals surface area contributed by atoms with Crippen LogP contribution in [-0.4, -0.2) is 56.2 Å². The molecule has 0 aromatic heterocycles. The van der Waals surface area contributed by atoms with E-state index in [1.807, 2.05) is 0 Å². The van der Waals surface area contributed by atoms with E-state index in [9.17, 15) is 31.1 Å². The number of ether oxygens (including phenoxy) is 2. The summed E-state index contributed by atoms with van der Waals surface area (Å²) < 4.78 is 95.9. The third-order valence-electron chi connectivity index (χ3n) is 6.10. The lowest BCUT2D eigenvalue weighted by atomic mass is 9.96. The van der Waals surface area contributed by atoms with Crippen LogP contribution < -0.4 is 10.1 Å². The maximum atomic E-state index is 14.2. The van der Waals surface area contributed by atoms with Crippen molar-refractivity contribution < 1.29 is 40.6 Å². The molecule has 1 N–H and O–H groups in total. The molecule has 2 fully saturated rings. The Morgan fingerprint density at radius 1 is 1.00 bits per heavy atom. The fourth-order valence-electron chi connectivity index (χ4n) is 4.28. The molecule has 12 heteroatoms. The maximum Gasteiger partial charge on any atom is 0.418 e. The summed E-state index contributed by atoms with van der Waals surface area (Å²) in [5.41, 5.74) is -4.93. The number of ketones is 1. The van der Waals surface area contributed by atoms with Crippen molar-refractivity contribution in [3.05, 3.63) is 65.4 Å². The minimum absolute atomic E-state index is 0.0603. The third-order valence-corrected chi connectivity index (χ3v) is 7.15. The summed E-state index contributed by atoms with van der Waals surface area (Å²) in [6.45, 7) is 3.14. The Labute approximate surface area is 220 Å². The van der Waals surface area contributed by atoms with Crippen molar-refractivity contribution in [1.29, 1.82) is 0 Å². The van der Waals surface area contributed by atoms with Gasteiger partial charge in [0.15, 0.2) is 5.78 Å². The van der Waals surface area contributed by atoms with Gasteiger partial charge in [0.2, 0.25) is 0 Å². The minimum Gasteiger partial charge on any atom is -0.490 e. The van der Waals surface area contributed by atoms with Gasteiger partial charge in [0.05, 0.1) is 24.3 Å². The standard InChI is InChI=1S/C26H26F6N2O3S/c27-25(28,29)23-20(21(35)8-11-34-12-14-36-15-13-34)4-5-22(24(23)26(30,31)32)38-19-3-1-2-18(16-19)37-17-6-9-33-10-7-17/h1-5,8,11,16-17,33H,6-7,9-10,12-15H2. The fraction of sp³-hybridized carbons (Fsp3) is 0.423. The molecule has 2 aromatic carbocycles. The summed E-state index contributed by atoms with van der Waals surface area (Å²) in [4.78, 5) is 14.0. The van der Waals surface area contributed by atoms with Gasteiger partial charge in [-0.25, -0.2) is 0 Å². The highest BCUT2D eigenvalue weighted by Crippen LogP contribution is 2.48. The van der Waals surface area contributed by atoms with Crippen molar-refractivity contribution in [2.24, 2.45) is 0 Å². The summed E-state index contributed by atoms with van der Waals surface area (Å²) in [5.74, 6) is -0.741. The second-order valence-electron chi connectivity index (χ2n) is 8.83. The largest absolute Gasteiger partial charge is 0.490 e. The molecule has 2 aliphatic rings. The van der Waals surface area contributed by atoms with Crippen LogP contribution in [0, 0.1) is 0 Å². The Bertz CT molecular complexity index is 1160. The molecule has 2 saturated heterocycles. The first-order chi connectivity index (χ1) is 18.0. The van der Waals surface area contributed by atoms with Crippen LogP contribution in [0.2, 0.25) is 0 Å². The number of hydrogen-bond donors (Lipinski definition) is 1. The number of piperidine rings is 1. The summed E-state index contributed by atoms with van der Waals surface area (Å²) in [5, 5.41) is 3.20. The quantitative estimate of drug-likeness (QED) is 0.254. The lowest BCUT2D eigenvalue weighted by molar-refractivity contribution is -0.163. The van der Waals surface area contributed by atoms with Gasteiger partial charge in [0.25, 0.3) is 0 Å². The number of benzene rings is 2. The number of carbonyl (C=O) groups is 1. The highest BCUT2D eigenvalue weighted by molar-refractivity contribution is 7.99. The van der Waals surface area contributed by atoms with Crippen LogP contribution in [0.3, 0.4) is 0 Å². The van der Waals surface area contributed by atoms with E-state index >= 15 is 0 Å². The number of morpholine rings is 1. The summed E-state index contributed by atoms with van der Waals surface area (Å²) in [6.07, 6.45) is -7.16. The number of allylic oxidation sites excluding steroid dienone is 1. The van der Waals surface area contributed by atoms with Gasteiger partial charge in [-0.2, -0.15) is 26.3 Å². The van der Waals surface area contributed by atoms with Crippen LogP contribution in [0.15, 0.2) is 58.5 Å². The van der Waals surface area contributed by atoms with Crippen LogP contribution in [0.4, 0.5) is 26.3 Å². The highest BCUT2D eigenvalue weighted by atomic mass is 32.2. The Morgan fingerprint density at radius 2 is 1.68 bits per heavy atom. The average Bonchev–Trinajstić information content (AvgIpc) is 2.87. The number of halogens is 6. The van der Waals surface area contributed by atoms with E-state index in [0.717, 1.165) is 44.1 Å². The van der Waals surface area contributed by atoms with Crippen LogP contribution in [0.25, 0.3) is 0 Å². The fourth-order valence-corrected chi connectivity index (χ4v) is 5.31. The molecule has 0 aliphatic carbocycles. The van der Waals surface area contributed by atoms with Gasteiger partial charge in [-0.3, -0.25) is 4.79 Å². The lowest BCUT2D eigenvalue weighted by Gasteiger charge is -2.25. The molecule has 4 rings (SSSR count). The number of nitrogens with zero attached hydrogens (tertiary/aromatic N) is 1. The Balaban J connectivity index is 1.67. The van der Waals surface area contributed by atoms with Crippen molar-refractivity contribution in [3.8, 4) is 5.75 Å². The molecule has 2 aromatic rings. The highest BCUT2D eigenvalue weighted by Gasteiger charge is 2.47. The van der Waals surface area contributed by atoms with E-state index in [0.29, 0.717) is 43.8 Å². The summed E-state index contributed by atoms with van der Waals surface area (Å²) in [7, 11) is 0. The minimum atomic E-state index is -5.42. The van der Waals surface area contributed by atoms with Crippen molar-refractivity contribution in [2.75, 3.05) is 39.4 Å². The number of carbonyl (C=O) groups excluding carboxylic acids is 1. The van der Waals surface area contributed by atoms with Crippen LogP contribution in [-0.2, 0) is 17.1 Å². The lowest BCUT2D eigenvalue weighted by Crippen LogP contribution is -2.34. The van der Waals surface area contributed by atoms with E-state index in [1.54, 1.807) is 17.0 Å². The predicted octanol–water partition coefficient (Wildman–Crippen LogP) is 6.03. The van der Waals surface area contributed by atoms with Crippen molar-refractivity contribution in [1.82, 2.24) is 10.2 Å². The Kier molecular flexibility index (Phi) is 8.94. The normalized spacial score (nSPS) is 17.7. The SMILES string of the molecule is O=C(C=CN1CCOCC1)c1ccc(Sc2cccc(OC3CCNCC3)c2)c(C(F)(F)F)c1C(F)(F)F. The molecule has 38 heavy (non-hydrogen) atoms. The van der Waals surface area contributed by atoms with E-state index < -0.39 is 39.7 Å². The molecule has 0 atom stereocenters. The number of hydrogen-bond acceptors (Lipinski definition) is 6. The molecule has 0 bridgehead atoms. The van der Waals surface area contributed by atoms with E-state index in [2.05, 4.69) is 5.32 Å². The molecule has 2 heterocycles. The van der Waals surface area contributed by atoms with E-state index in [-0.39, 0.29) is 11.0 Å². The molecule has 0 spiro atoms. The van der Waals surface area contributed by atoms with Gasteiger partial charge in [-0.1, -0.05) is 17.8 Å². The zero-order valence-corrected chi connectivity index (χ0v) is 21.0. The number of alkyl halides is 6. The second-order valence-corrected chi connectivity index (χ2v) is 9.94. The number of rotatable bonds is 7. The monoisotopic (exact) mass is 560 g/mol. The zero-order valence-electron chi connectivity index (χ0n) is 20.2. The zero-order chi connectivity index (χ0) is 27.3. The van der Waals surface area contributed by atoms with Gasteiger partial charge in [-0.05, 0) is 56.3 Å². The van der Waals surface area contributed by atoms with Gasteiger partial charge in [0.1, 0.15) is 11.9 Å². The van der Waals surface area contributed by atoms with Gasteiger partial charge >= 0.3 is 12.4 Å². The molecular weight excluding hydrogens is 534 g/mol. The molecule has 5 nitrogen and oxygen atoms in total. The summed E-state index contributed by atoms with van der Waals surface area (Å²) >= 11 is 0.540. The molecule has 0 radical (unpaired) electrons. The molecular formula is C26H26F6N2O3S. The predicted molar refractivity (Wildman–Crippen MR) is 129 cm³/mol. The van der Waals surface area contributed by atoms with Crippen LogP contribution in [0.1, 0.15) is 34.3 Å². The van der Waals surface area contributed by atoms with Crippen molar-refractivity contribution in [3.63, 3.8) is 0 Å². The smallest absolute Gasteiger partial charge is 0.418 e. The van der Waals surface area contributed by atoms with Gasteiger partial charge in [-0.15, -0.1) is 0 Å². The van der Waals surface area contributed by atoms with E-state index in [1.165, 1.54) is 18.3 Å². The van der Waals surface area contributed by atoms with Gasteiger partial charge in [0, 0.05) is 40.7 Å². The average molecular weight is 561 g/mol. The second kappa shape index (κ2) is 12.0. The van der Waals surface area contributed by atoms with Crippen molar-refractivity contribution >= 4 is 17.5 Å². The third kappa shape index (κ3) is 7.23. The number of nitrogens with one attached hydrogen (secondary N) is 1. The first-order valence-electron chi connectivity index (χ1n) is 12.0. The molecule has 206 valence electrons. The van der Waals surface area contributed by atoms with Gasteiger partial charge < -0.3 is 19.7 Å². The topological polar surface area (TPSA) is 50.8 Å². The molecule has 0 saturated carbocycles. The Morgan fingerprint density at radius 3 is 2.34 bits per heavy atom. The Hall–Kier alpha value is -2.70. The molecule has 0 amide bonds. The van der Waals surface area contributed by atoms with Crippen LogP contribution in [0.5, 0.6) is 5.75 Å². The molecule has 2 aliphatic heterocycles. The first-order valence-corrected chi connectivity index (χ1v) is 12.8. The van der Waals surface area contributed by atoms with Crippen LogP contribution >= 0.6 is 11.8 Å². The summed E-state index contributed by atoms with van der Waals surface area (Å²) in [6, 6.07) is 7.95.